The molecule has 0 unspecified atom stereocenters. The number of benzene rings is 2. The first-order valence-corrected chi connectivity index (χ1v) is 8.22. The van der Waals surface area contributed by atoms with E-state index in [1.165, 1.54) is 11.1 Å². The van der Waals surface area contributed by atoms with Gasteiger partial charge in [-0.25, -0.2) is 0 Å². The number of aromatic nitrogens is 1. The Balaban J connectivity index is 1.94. The highest BCUT2D eigenvalue weighted by molar-refractivity contribution is 6.30. The monoisotopic (exact) mass is 340 g/mol. The van der Waals surface area contributed by atoms with E-state index >= 15 is 0 Å². The molecule has 0 bridgehead atoms. The van der Waals surface area contributed by atoms with E-state index in [4.69, 9.17) is 16.3 Å². The number of hydrogen-bond donors (Lipinski definition) is 0. The zero-order chi connectivity index (χ0) is 17.1. The summed E-state index contributed by atoms with van der Waals surface area (Å²) in [4.78, 5) is 2.14. The van der Waals surface area contributed by atoms with Crippen LogP contribution in [-0.4, -0.2) is 23.6 Å². The molecule has 0 radical (unpaired) electrons. The van der Waals surface area contributed by atoms with Crippen LogP contribution in [0.15, 0.2) is 60.9 Å². The van der Waals surface area contributed by atoms with E-state index in [1.807, 2.05) is 37.4 Å². The molecule has 124 valence electrons. The molecule has 3 rings (SSSR count). The summed E-state index contributed by atoms with van der Waals surface area (Å²) in [6.07, 6.45) is 4.17. The van der Waals surface area contributed by atoms with Crippen molar-refractivity contribution < 1.29 is 4.74 Å². The van der Waals surface area contributed by atoms with Gasteiger partial charge >= 0.3 is 0 Å². The minimum absolute atomic E-state index is 0.704. The number of ether oxygens (including phenoxy) is 1. The number of halogens is 1. The third-order valence-electron chi connectivity index (χ3n) is 3.75. The number of rotatable bonds is 5. The van der Waals surface area contributed by atoms with E-state index in [2.05, 4.69) is 54.2 Å². The highest BCUT2D eigenvalue weighted by atomic mass is 35.5. The Morgan fingerprint density at radius 1 is 1.00 bits per heavy atom. The van der Waals surface area contributed by atoms with Gasteiger partial charge in [0.2, 0.25) is 0 Å². The largest absolute Gasteiger partial charge is 0.457 e. The van der Waals surface area contributed by atoms with Crippen molar-refractivity contribution >= 4 is 11.6 Å². The van der Waals surface area contributed by atoms with Crippen molar-refractivity contribution in [1.82, 2.24) is 9.47 Å². The van der Waals surface area contributed by atoms with Gasteiger partial charge in [-0.3, -0.25) is 0 Å². The lowest BCUT2D eigenvalue weighted by atomic mass is 10.0. The van der Waals surface area contributed by atoms with Crippen LogP contribution in [0.3, 0.4) is 0 Å². The fraction of sp³-hybridized carbons (Fsp3) is 0.200. The molecular weight excluding hydrogens is 320 g/mol. The molecule has 0 atom stereocenters. The molecule has 0 N–H and O–H groups in total. The van der Waals surface area contributed by atoms with Gasteiger partial charge in [0, 0.05) is 36.6 Å². The van der Waals surface area contributed by atoms with Crippen LogP contribution in [0.4, 0.5) is 0 Å². The van der Waals surface area contributed by atoms with Crippen molar-refractivity contribution in [3.8, 4) is 22.6 Å². The summed E-state index contributed by atoms with van der Waals surface area (Å²) in [7, 11) is 6.14. The third-order valence-corrected chi connectivity index (χ3v) is 4.01. The third kappa shape index (κ3) is 3.99. The first kappa shape index (κ1) is 16.6. The molecule has 3 nitrogen and oxygen atoms in total. The topological polar surface area (TPSA) is 17.4 Å². The van der Waals surface area contributed by atoms with Gasteiger partial charge < -0.3 is 14.2 Å². The molecule has 24 heavy (non-hydrogen) atoms. The van der Waals surface area contributed by atoms with Gasteiger partial charge in [-0.15, -0.1) is 0 Å². The van der Waals surface area contributed by atoms with Crippen molar-refractivity contribution in [2.75, 3.05) is 14.1 Å². The normalized spacial score (nSPS) is 11.0. The summed E-state index contributed by atoms with van der Waals surface area (Å²) in [6, 6.07) is 15.9. The Morgan fingerprint density at radius 2 is 1.75 bits per heavy atom. The van der Waals surface area contributed by atoms with Crippen molar-refractivity contribution in [3.63, 3.8) is 0 Å². The average Bonchev–Trinajstić information content (AvgIpc) is 2.97. The molecular formula is C20H21ClN2O. The van der Waals surface area contributed by atoms with E-state index in [1.54, 1.807) is 0 Å². The van der Waals surface area contributed by atoms with Gasteiger partial charge in [0.15, 0.2) is 0 Å². The minimum atomic E-state index is 0.704. The van der Waals surface area contributed by atoms with Crippen molar-refractivity contribution in [2.45, 2.75) is 6.54 Å². The molecule has 2 aromatic carbocycles. The van der Waals surface area contributed by atoms with E-state index in [0.717, 1.165) is 23.6 Å². The SMILES string of the molecule is CN(C)Cc1cc(-c2ccn(C)c2)ccc1Oc1ccc(Cl)cc1. The second-order valence-electron chi connectivity index (χ2n) is 6.18. The molecule has 1 aromatic heterocycles. The summed E-state index contributed by atoms with van der Waals surface area (Å²) in [5, 5.41) is 0.704. The van der Waals surface area contributed by atoms with Crippen LogP contribution in [0, 0.1) is 0 Å². The average molecular weight is 341 g/mol. The molecule has 0 aliphatic carbocycles. The standard InChI is InChI=1S/C20H21ClN2O/c1-22(2)13-17-12-15(16-10-11-23(3)14-16)4-9-20(17)24-19-7-5-18(21)6-8-19/h4-12,14H,13H2,1-3H3. The van der Waals surface area contributed by atoms with E-state index in [-0.39, 0.29) is 0 Å². The van der Waals surface area contributed by atoms with Crippen LogP contribution in [0.5, 0.6) is 11.5 Å². The van der Waals surface area contributed by atoms with E-state index in [0.29, 0.717) is 5.02 Å². The molecule has 0 fully saturated rings. The summed E-state index contributed by atoms with van der Waals surface area (Å²) >= 11 is 5.94. The van der Waals surface area contributed by atoms with E-state index < -0.39 is 0 Å². The van der Waals surface area contributed by atoms with Crippen LogP contribution in [0.2, 0.25) is 5.02 Å². The Bertz CT molecular complexity index is 822. The summed E-state index contributed by atoms with van der Waals surface area (Å²) in [5.74, 6) is 1.65. The molecule has 1 heterocycles. The van der Waals surface area contributed by atoms with Gasteiger partial charge in [-0.1, -0.05) is 17.7 Å². The van der Waals surface area contributed by atoms with Gasteiger partial charge in [0.1, 0.15) is 11.5 Å². The zero-order valence-corrected chi connectivity index (χ0v) is 14.9. The second kappa shape index (κ2) is 7.12. The molecule has 0 aliphatic rings. The minimum Gasteiger partial charge on any atom is -0.457 e. The van der Waals surface area contributed by atoms with Crippen LogP contribution in [0.1, 0.15) is 5.56 Å². The molecule has 0 saturated heterocycles. The molecule has 0 aliphatic heterocycles. The Hall–Kier alpha value is -2.23. The highest BCUT2D eigenvalue weighted by Gasteiger charge is 2.10. The lowest BCUT2D eigenvalue weighted by molar-refractivity contribution is 0.389. The molecule has 3 aromatic rings. The fourth-order valence-corrected chi connectivity index (χ4v) is 2.75. The Morgan fingerprint density at radius 3 is 2.38 bits per heavy atom. The predicted molar refractivity (Wildman–Crippen MR) is 99.8 cm³/mol. The first-order chi connectivity index (χ1) is 11.5. The Labute approximate surface area is 148 Å². The summed E-state index contributed by atoms with van der Waals surface area (Å²) in [5.41, 5.74) is 3.54. The van der Waals surface area contributed by atoms with Crippen LogP contribution < -0.4 is 4.74 Å². The number of aryl methyl sites for hydroxylation is 1. The highest BCUT2D eigenvalue weighted by Crippen LogP contribution is 2.31. The summed E-state index contributed by atoms with van der Waals surface area (Å²) < 4.78 is 8.13. The fourth-order valence-electron chi connectivity index (χ4n) is 2.63. The molecule has 0 spiro atoms. The van der Waals surface area contributed by atoms with Crippen molar-refractivity contribution in [3.05, 3.63) is 71.5 Å². The molecule has 0 amide bonds. The maximum absolute atomic E-state index is 6.07. The molecule has 4 heteroatoms. The van der Waals surface area contributed by atoms with Gasteiger partial charge in [-0.2, -0.15) is 0 Å². The maximum Gasteiger partial charge on any atom is 0.131 e. The number of hydrogen-bond acceptors (Lipinski definition) is 2. The lowest BCUT2D eigenvalue weighted by Crippen LogP contribution is -2.11. The molecule has 0 saturated carbocycles. The second-order valence-corrected chi connectivity index (χ2v) is 6.62. The smallest absolute Gasteiger partial charge is 0.131 e. The van der Waals surface area contributed by atoms with Gasteiger partial charge in [0.05, 0.1) is 0 Å². The van der Waals surface area contributed by atoms with Crippen LogP contribution in [-0.2, 0) is 13.6 Å². The van der Waals surface area contributed by atoms with Crippen molar-refractivity contribution in [2.24, 2.45) is 7.05 Å². The van der Waals surface area contributed by atoms with Gasteiger partial charge in [-0.05, 0) is 67.7 Å². The zero-order valence-electron chi connectivity index (χ0n) is 14.2. The van der Waals surface area contributed by atoms with Crippen LogP contribution >= 0.6 is 11.6 Å². The Kier molecular flexibility index (Phi) is 4.93. The van der Waals surface area contributed by atoms with Gasteiger partial charge in [0.25, 0.3) is 0 Å². The predicted octanol–water partition coefficient (Wildman–Crippen LogP) is 5.20. The maximum atomic E-state index is 6.07. The number of nitrogens with zero attached hydrogens (tertiary/aromatic N) is 2. The van der Waals surface area contributed by atoms with E-state index in [9.17, 15) is 0 Å². The quantitative estimate of drug-likeness (QED) is 0.635. The van der Waals surface area contributed by atoms with Crippen LogP contribution in [0.25, 0.3) is 11.1 Å². The summed E-state index contributed by atoms with van der Waals surface area (Å²) in [6.45, 7) is 0.809. The van der Waals surface area contributed by atoms with Crippen molar-refractivity contribution in [1.29, 1.82) is 0 Å². The first-order valence-electron chi connectivity index (χ1n) is 7.85. The lowest BCUT2D eigenvalue weighted by Gasteiger charge is -2.16.